The summed E-state index contributed by atoms with van der Waals surface area (Å²) < 4.78 is 19.3. The topological polar surface area (TPSA) is 60.9 Å². The molecule has 1 aromatic heterocycles. The molecule has 4 heterocycles. The minimum absolute atomic E-state index is 0. The number of nitrogens with one attached hydrogen (secondary N) is 1. The molecule has 2 aromatic rings. The maximum absolute atomic E-state index is 13.9. The monoisotopic (exact) mass is 595 g/mol. The van der Waals surface area contributed by atoms with Crippen LogP contribution in [0.4, 0.5) is 10.1 Å². The number of carbonyl (C=O) groups excluding carboxylic acids is 1. The van der Waals surface area contributed by atoms with E-state index in [1.54, 1.807) is 12.1 Å². The summed E-state index contributed by atoms with van der Waals surface area (Å²) in [5.74, 6) is -0.113. The van der Waals surface area contributed by atoms with Crippen molar-refractivity contribution in [2.45, 2.75) is 70.7 Å². The molecule has 0 spiro atoms. The highest BCUT2D eigenvalue weighted by Crippen LogP contribution is 2.39. The number of aromatic nitrogens is 1. The maximum atomic E-state index is 13.9. The summed E-state index contributed by atoms with van der Waals surface area (Å²) in [5, 5.41) is 3.62. The fourth-order valence-corrected chi connectivity index (χ4v) is 6.33. The smallest absolute Gasteiger partial charge is 0.241 e. The summed E-state index contributed by atoms with van der Waals surface area (Å²) in [4.78, 5) is 25.5. The lowest BCUT2D eigenvalue weighted by molar-refractivity contribution is -0.121. The molecule has 0 radical (unpaired) electrons. The lowest BCUT2D eigenvalue weighted by atomic mass is 9.91. The van der Waals surface area contributed by atoms with Gasteiger partial charge in [0.2, 0.25) is 5.91 Å². The van der Waals surface area contributed by atoms with Crippen molar-refractivity contribution in [1.82, 2.24) is 20.1 Å². The molecule has 10 heteroatoms. The van der Waals surface area contributed by atoms with Crippen molar-refractivity contribution in [3.05, 3.63) is 59.2 Å². The summed E-state index contributed by atoms with van der Waals surface area (Å²) in [7, 11) is 0. The molecule has 1 N–H and O–H groups in total. The Bertz CT molecular complexity index is 1140. The Labute approximate surface area is 250 Å². The molecule has 40 heavy (non-hydrogen) atoms. The van der Waals surface area contributed by atoms with E-state index in [9.17, 15) is 9.18 Å². The Morgan fingerprint density at radius 3 is 2.42 bits per heavy atom. The quantitative estimate of drug-likeness (QED) is 0.543. The number of nitrogens with zero attached hydrogens (tertiary/aromatic N) is 4. The van der Waals surface area contributed by atoms with Gasteiger partial charge in [0.05, 0.1) is 30.1 Å². The van der Waals surface area contributed by atoms with Crippen LogP contribution in [0.2, 0.25) is 0 Å². The standard InChI is InChI=1S/C30H42FN5O2.2ClH/c1-20-14-35(26(13-32-20)17-34-15-21(2)38-22(3)16-34)18-28(37)36-19-30(4,5)29-27(36)11-24(12-33-29)10-23-6-8-25(31)9-7-23;;/h6-9,11-12,20-22,26,32H,10,13-19H2,1-5H3;2*1H/t20-,21?,22?,26-;;/m1../s1. The molecule has 3 aliphatic heterocycles. The molecule has 5 rings (SSSR count). The Morgan fingerprint density at radius 1 is 1.07 bits per heavy atom. The molecule has 222 valence electrons. The lowest BCUT2D eigenvalue weighted by Crippen LogP contribution is -2.62. The van der Waals surface area contributed by atoms with Gasteiger partial charge in [-0.1, -0.05) is 26.0 Å². The first-order valence-corrected chi connectivity index (χ1v) is 14.0. The number of amides is 1. The molecule has 0 bridgehead atoms. The molecule has 0 saturated carbocycles. The number of hydrogen-bond acceptors (Lipinski definition) is 6. The molecule has 3 aliphatic rings. The van der Waals surface area contributed by atoms with Gasteiger partial charge in [-0.25, -0.2) is 4.39 Å². The third-order valence-electron chi connectivity index (χ3n) is 8.06. The van der Waals surface area contributed by atoms with Gasteiger partial charge >= 0.3 is 0 Å². The number of halogens is 3. The summed E-state index contributed by atoms with van der Waals surface area (Å²) in [6, 6.07) is 9.29. The summed E-state index contributed by atoms with van der Waals surface area (Å²) in [6.45, 7) is 16.3. The second-order valence-corrected chi connectivity index (χ2v) is 12.2. The van der Waals surface area contributed by atoms with Crippen LogP contribution in [0.5, 0.6) is 0 Å². The highest BCUT2D eigenvalue weighted by molar-refractivity contribution is 5.97. The first-order chi connectivity index (χ1) is 18.1. The van der Waals surface area contributed by atoms with E-state index in [1.807, 2.05) is 11.1 Å². The number of benzene rings is 1. The number of fused-ring (bicyclic) bond motifs is 1. The number of rotatable bonds is 6. The number of pyridine rings is 1. The highest BCUT2D eigenvalue weighted by Gasteiger charge is 2.41. The summed E-state index contributed by atoms with van der Waals surface area (Å²) >= 11 is 0. The van der Waals surface area contributed by atoms with Crippen molar-refractivity contribution in [2.24, 2.45) is 0 Å². The van der Waals surface area contributed by atoms with Crippen molar-refractivity contribution < 1.29 is 13.9 Å². The zero-order chi connectivity index (χ0) is 27.0. The molecular weight excluding hydrogens is 552 g/mol. The van der Waals surface area contributed by atoms with Crippen LogP contribution in [0.3, 0.4) is 0 Å². The maximum Gasteiger partial charge on any atom is 0.241 e. The minimum atomic E-state index is -0.238. The van der Waals surface area contributed by atoms with E-state index in [1.165, 1.54) is 12.1 Å². The highest BCUT2D eigenvalue weighted by atomic mass is 35.5. The van der Waals surface area contributed by atoms with E-state index in [-0.39, 0.29) is 60.2 Å². The number of piperazine rings is 1. The molecule has 1 aromatic carbocycles. The van der Waals surface area contributed by atoms with Crippen LogP contribution < -0.4 is 10.2 Å². The van der Waals surface area contributed by atoms with Gasteiger partial charge in [-0.05, 0) is 56.5 Å². The average molecular weight is 597 g/mol. The van der Waals surface area contributed by atoms with Crippen LogP contribution in [-0.2, 0) is 21.4 Å². The Hall–Kier alpha value is -1.81. The summed E-state index contributed by atoms with van der Waals surface area (Å²) in [5.41, 5.74) is 3.71. The zero-order valence-corrected chi connectivity index (χ0v) is 25.9. The number of morpholine rings is 1. The zero-order valence-electron chi connectivity index (χ0n) is 24.2. The Kier molecular flexibility index (Phi) is 11.0. The molecular formula is C30H44Cl2FN5O2. The molecule has 2 saturated heterocycles. The van der Waals surface area contributed by atoms with Gasteiger partial charge in [-0.3, -0.25) is 19.6 Å². The van der Waals surface area contributed by atoms with E-state index >= 15 is 0 Å². The largest absolute Gasteiger partial charge is 0.373 e. The van der Waals surface area contributed by atoms with Crippen LogP contribution in [0, 0.1) is 5.82 Å². The minimum Gasteiger partial charge on any atom is -0.373 e. The Morgan fingerprint density at radius 2 is 1.75 bits per heavy atom. The van der Waals surface area contributed by atoms with Crippen molar-refractivity contribution >= 4 is 36.4 Å². The van der Waals surface area contributed by atoms with Crippen molar-refractivity contribution in [1.29, 1.82) is 0 Å². The van der Waals surface area contributed by atoms with E-state index < -0.39 is 0 Å². The van der Waals surface area contributed by atoms with Gasteiger partial charge in [0.1, 0.15) is 5.82 Å². The molecule has 2 unspecified atom stereocenters. The van der Waals surface area contributed by atoms with Crippen LogP contribution in [0.15, 0.2) is 36.5 Å². The fraction of sp³-hybridized carbons (Fsp3) is 0.600. The second-order valence-electron chi connectivity index (χ2n) is 12.2. The molecule has 2 fully saturated rings. The fourth-order valence-electron chi connectivity index (χ4n) is 6.33. The molecule has 4 atom stereocenters. The van der Waals surface area contributed by atoms with Gasteiger partial charge in [0.25, 0.3) is 0 Å². The molecule has 0 aliphatic carbocycles. The third-order valence-corrected chi connectivity index (χ3v) is 8.06. The molecule has 1 amide bonds. The van der Waals surface area contributed by atoms with Crippen LogP contribution in [0.1, 0.15) is 51.4 Å². The van der Waals surface area contributed by atoms with Crippen molar-refractivity contribution in [2.75, 3.05) is 50.7 Å². The van der Waals surface area contributed by atoms with Crippen LogP contribution in [-0.4, -0.2) is 90.8 Å². The second kappa shape index (κ2) is 13.4. The number of hydrogen-bond donors (Lipinski definition) is 1. The van der Waals surface area contributed by atoms with Crippen LogP contribution in [0.25, 0.3) is 0 Å². The predicted molar refractivity (Wildman–Crippen MR) is 163 cm³/mol. The first-order valence-electron chi connectivity index (χ1n) is 14.0. The summed E-state index contributed by atoms with van der Waals surface area (Å²) in [6.07, 6.45) is 3.00. The van der Waals surface area contributed by atoms with Gasteiger partial charge in [-0.2, -0.15) is 0 Å². The van der Waals surface area contributed by atoms with Crippen molar-refractivity contribution in [3.8, 4) is 0 Å². The van der Waals surface area contributed by atoms with E-state index in [2.05, 4.69) is 55.8 Å². The van der Waals surface area contributed by atoms with E-state index in [4.69, 9.17) is 9.72 Å². The Balaban J connectivity index is 0.00000220. The van der Waals surface area contributed by atoms with Gasteiger partial charge in [0.15, 0.2) is 0 Å². The third kappa shape index (κ3) is 7.52. The van der Waals surface area contributed by atoms with Gasteiger partial charge < -0.3 is 15.0 Å². The van der Waals surface area contributed by atoms with Gasteiger partial charge in [-0.15, -0.1) is 24.8 Å². The first kappa shape index (κ1) is 32.7. The van der Waals surface area contributed by atoms with Crippen LogP contribution >= 0.6 is 24.8 Å². The number of ether oxygens (including phenoxy) is 1. The van der Waals surface area contributed by atoms with Gasteiger partial charge in [0, 0.05) is 63.0 Å². The normalized spacial score (nSPS) is 26.5. The van der Waals surface area contributed by atoms with E-state index in [0.717, 1.165) is 55.2 Å². The molecule has 7 nitrogen and oxygen atoms in total. The number of carbonyl (C=O) groups is 1. The number of anilines is 1. The SMILES string of the molecule is CC1CN(C[C@H]2CN[C@H](C)CN2CC(=O)N2CC(C)(C)c3ncc(Cc4ccc(F)cc4)cc32)CC(C)O1.Cl.Cl. The average Bonchev–Trinajstić information content (AvgIpc) is 3.12. The lowest BCUT2D eigenvalue weighted by Gasteiger charge is -2.44. The predicted octanol–water partition coefficient (Wildman–Crippen LogP) is 4.05. The van der Waals surface area contributed by atoms with Crippen molar-refractivity contribution in [3.63, 3.8) is 0 Å². The van der Waals surface area contributed by atoms with E-state index in [0.29, 0.717) is 25.6 Å².